The van der Waals surface area contributed by atoms with E-state index in [1.807, 2.05) is 34.1 Å². The molecule has 3 aliphatic heterocycles. The van der Waals surface area contributed by atoms with Crippen LogP contribution in [0.25, 0.3) is 0 Å². The van der Waals surface area contributed by atoms with Gasteiger partial charge in [0.25, 0.3) is 0 Å². The maximum atomic E-state index is 13.5. The van der Waals surface area contributed by atoms with Crippen molar-refractivity contribution < 1.29 is 14.3 Å². The summed E-state index contributed by atoms with van der Waals surface area (Å²) in [7, 11) is 0. The normalized spacial score (nSPS) is 22.8. The summed E-state index contributed by atoms with van der Waals surface area (Å²) in [6.45, 7) is 4.24. The summed E-state index contributed by atoms with van der Waals surface area (Å²) in [6, 6.07) is 7.50. The standard InChI is InChI=1S/C21H28ClN3O3S/c22-16-1-3-17(4-2-16)23-21(7-11-28-12-8-21)19(27)25-14-20(15-25)5-9-24(10-6-20)18(26)13-29/h1-4,23,29H,5-15H2. The van der Waals surface area contributed by atoms with Gasteiger partial charge in [-0.15, -0.1) is 0 Å². The second kappa shape index (κ2) is 8.36. The van der Waals surface area contributed by atoms with Gasteiger partial charge in [-0.3, -0.25) is 9.59 Å². The molecule has 0 unspecified atom stereocenters. The smallest absolute Gasteiger partial charge is 0.248 e. The maximum absolute atomic E-state index is 13.5. The van der Waals surface area contributed by atoms with Gasteiger partial charge in [0.2, 0.25) is 11.8 Å². The molecule has 0 saturated carbocycles. The molecule has 0 radical (unpaired) electrons. The lowest BCUT2D eigenvalue weighted by molar-refractivity contribution is -0.156. The molecule has 1 N–H and O–H groups in total. The molecule has 3 saturated heterocycles. The number of nitrogens with zero attached hydrogens (tertiary/aromatic N) is 2. The number of hydrogen-bond acceptors (Lipinski definition) is 5. The van der Waals surface area contributed by atoms with Gasteiger partial charge < -0.3 is 19.9 Å². The number of hydrogen-bond donors (Lipinski definition) is 2. The summed E-state index contributed by atoms with van der Waals surface area (Å²) < 4.78 is 5.54. The highest BCUT2D eigenvalue weighted by atomic mass is 35.5. The molecular weight excluding hydrogens is 410 g/mol. The van der Waals surface area contributed by atoms with Crippen molar-refractivity contribution in [3.8, 4) is 0 Å². The molecule has 158 valence electrons. The van der Waals surface area contributed by atoms with Gasteiger partial charge in [0.05, 0.1) is 5.75 Å². The average Bonchev–Trinajstić information content (AvgIpc) is 2.73. The summed E-state index contributed by atoms with van der Waals surface area (Å²) >= 11 is 10.1. The lowest BCUT2D eigenvalue weighted by Crippen LogP contribution is -2.67. The third-order valence-electron chi connectivity index (χ3n) is 6.64. The Balaban J connectivity index is 1.41. The fraction of sp³-hybridized carbons (Fsp3) is 0.619. The van der Waals surface area contributed by atoms with Crippen molar-refractivity contribution in [1.82, 2.24) is 9.80 Å². The number of ether oxygens (including phenoxy) is 1. The van der Waals surface area contributed by atoms with Crippen LogP contribution in [-0.2, 0) is 14.3 Å². The summed E-state index contributed by atoms with van der Waals surface area (Å²) in [5.74, 6) is 0.525. The summed E-state index contributed by atoms with van der Waals surface area (Å²) in [5, 5.41) is 4.18. The van der Waals surface area contributed by atoms with E-state index >= 15 is 0 Å². The predicted molar refractivity (Wildman–Crippen MR) is 117 cm³/mol. The summed E-state index contributed by atoms with van der Waals surface area (Å²) in [4.78, 5) is 29.3. The van der Waals surface area contributed by atoms with Gasteiger partial charge in [-0.05, 0) is 37.1 Å². The SMILES string of the molecule is O=C(CS)N1CCC2(CC1)CN(C(=O)C1(Nc3ccc(Cl)cc3)CCOCC1)C2. The number of anilines is 1. The fourth-order valence-corrected chi connectivity index (χ4v) is 5.10. The van der Waals surface area contributed by atoms with Gasteiger partial charge in [-0.1, -0.05) is 11.6 Å². The molecule has 0 aliphatic carbocycles. The molecule has 6 nitrogen and oxygen atoms in total. The zero-order chi connectivity index (χ0) is 20.5. The van der Waals surface area contributed by atoms with E-state index in [4.69, 9.17) is 16.3 Å². The molecule has 1 aromatic carbocycles. The van der Waals surface area contributed by atoms with Gasteiger partial charge in [-0.25, -0.2) is 0 Å². The van der Waals surface area contributed by atoms with E-state index in [-0.39, 0.29) is 23.0 Å². The topological polar surface area (TPSA) is 61.9 Å². The number of halogens is 1. The lowest BCUT2D eigenvalue weighted by atomic mass is 9.71. The number of rotatable bonds is 4. The first kappa shape index (κ1) is 20.8. The van der Waals surface area contributed by atoms with Gasteiger partial charge >= 0.3 is 0 Å². The van der Waals surface area contributed by atoms with Crippen molar-refractivity contribution in [1.29, 1.82) is 0 Å². The molecule has 8 heteroatoms. The number of thiol groups is 1. The van der Waals surface area contributed by atoms with E-state index in [0.717, 1.165) is 44.7 Å². The highest BCUT2D eigenvalue weighted by Crippen LogP contribution is 2.42. The summed E-state index contributed by atoms with van der Waals surface area (Å²) in [6.07, 6.45) is 3.22. The largest absolute Gasteiger partial charge is 0.381 e. The van der Waals surface area contributed by atoms with Crippen LogP contribution in [0, 0.1) is 5.41 Å². The maximum Gasteiger partial charge on any atom is 0.248 e. The second-order valence-corrected chi connectivity index (χ2v) is 9.28. The van der Waals surface area contributed by atoms with Crippen molar-refractivity contribution >= 4 is 41.7 Å². The Bertz CT molecular complexity index is 751. The Labute approximate surface area is 182 Å². The molecule has 1 spiro atoms. The molecule has 2 amide bonds. The zero-order valence-corrected chi connectivity index (χ0v) is 18.2. The Morgan fingerprint density at radius 2 is 1.66 bits per heavy atom. The molecular formula is C21H28ClN3O3S. The average molecular weight is 438 g/mol. The number of piperidine rings is 1. The number of carbonyl (C=O) groups excluding carboxylic acids is 2. The molecule has 3 aliphatic rings. The van der Waals surface area contributed by atoms with Crippen molar-refractivity contribution in [3.05, 3.63) is 29.3 Å². The van der Waals surface area contributed by atoms with E-state index in [0.29, 0.717) is 31.1 Å². The van der Waals surface area contributed by atoms with E-state index in [2.05, 4.69) is 17.9 Å². The third-order valence-corrected chi connectivity index (χ3v) is 7.16. The number of likely N-dealkylation sites (tertiary alicyclic amines) is 2. The van der Waals surface area contributed by atoms with Crippen molar-refractivity contribution in [2.75, 3.05) is 50.5 Å². The van der Waals surface area contributed by atoms with Gasteiger partial charge in [0.1, 0.15) is 5.54 Å². The van der Waals surface area contributed by atoms with E-state index in [1.54, 1.807) is 0 Å². The van der Waals surface area contributed by atoms with Crippen molar-refractivity contribution in [3.63, 3.8) is 0 Å². The monoisotopic (exact) mass is 437 g/mol. The van der Waals surface area contributed by atoms with E-state index in [9.17, 15) is 9.59 Å². The molecule has 0 atom stereocenters. The first-order chi connectivity index (χ1) is 14.0. The molecule has 0 aromatic heterocycles. The third kappa shape index (κ3) is 4.23. The highest BCUT2D eigenvalue weighted by Gasteiger charge is 2.52. The Kier molecular flexibility index (Phi) is 6.00. The van der Waals surface area contributed by atoms with Crippen LogP contribution in [0.3, 0.4) is 0 Å². The van der Waals surface area contributed by atoms with Crippen molar-refractivity contribution in [2.45, 2.75) is 31.2 Å². The summed E-state index contributed by atoms with van der Waals surface area (Å²) in [5.41, 5.74) is 0.435. The minimum absolute atomic E-state index is 0.101. The van der Waals surface area contributed by atoms with Crippen molar-refractivity contribution in [2.24, 2.45) is 5.41 Å². The van der Waals surface area contributed by atoms with Crippen LogP contribution in [0.4, 0.5) is 5.69 Å². The Morgan fingerprint density at radius 1 is 1.03 bits per heavy atom. The van der Waals surface area contributed by atoms with Gasteiger partial charge in [0, 0.05) is 68.4 Å². The zero-order valence-electron chi connectivity index (χ0n) is 16.5. The molecule has 0 bridgehead atoms. The first-order valence-electron chi connectivity index (χ1n) is 10.2. The minimum atomic E-state index is -0.629. The van der Waals surface area contributed by atoms with Crippen LogP contribution >= 0.6 is 24.2 Å². The quantitative estimate of drug-likeness (QED) is 0.711. The van der Waals surface area contributed by atoms with E-state index < -0.39 is 5.54 Å². The lowest BCUT2D eigenvalue weighted by Gasteiger charge is -2.56. The molecule has 1 aromatic rings. The number of benzene rings is 1. The van der Waals surface area contributed by atoms with Crippen LogP contribution in [0.2, 0.25) is 5.02 Å². The van der Waals surface area contributed by atoms with Gasteiger partial charge in [0.15, 0.2) is 0 Å². The Hall–Kier alpha value is -1.44. The van der Waals surface area contributed by atoms with Crippen LogP contribution in [0.15, 0.2) is 24.3 Å². The van der Waals surface area contributed by atoms with Crippen LogP contribution in [0.1, 0.15) is 25.7 Å². The van der Waals surface area contributed by atoms with Crippen LogP contribution < -0.4 is 5.32 Å². The number of nitrogens with one attached hydrogen (secondary N) is 1. The molecule has 3 heterocycles. The Morgan fingerprint density at radius 3 is 2.24 bits per heavy atom. The number of carbonyl (C=O) groups is 2. The molecule has 29 heavy (non-hydrogen) atoms. The van der Waals surface area contributed by atoms with Crippen LogP contribution in [0.5, 0.6) is 0 Å². The first-order valence-corrected chi connectivity index (χ1v) is 11.3. The molecule has 4 rings (SSSR count). The number of amides is 2. The highest BCUT2D eigenvalue weighted by molar-refractivity contribution is 7.81. The second-order valence-electron chi connectivity index (χ2n) is 8.53. The fourth-order valence-electron chi connectivity index (χ4n) is 4.78. The van der Waals surface area contributed by atoms with Crippen LogP contribution in [-0.4, -0.2) is 72.3 Å². The predicted octanol–water partition coefficient (Wildman–Crippen LogP) is 2.68. The van der Waals surface area contributed by atoms with E-state index in [1.165, 1.54) is 0 Å². The molecule has 3 fully saturated rings. The van der Waals surface area contributed by atoms with Gasteiger partial charge in [-0.2, -0.15) is 12.6 Å². The minimum Gasteiger partial charge on any atom is -0.381 e.